The third kappa shape index (κ3) is 3.54. The standard InChI is InChI=1S/C15H22/c1-11(2)6-8-15-10-14(12(3)4)9-7-13(15)5/h6-7,9-10,12H,8H2,1-5H3. The lowest BCUT2D eigenvalue weighted by atomic mass is 9.96. The predicted molar refractivity (Wildman–Crippen MR) is 68.4 cm³/mol. The maximum absolute atomic E-state index is 2.35. The second kappa shape index (κ2) is 5.16. The monoisotopic (exact) mass is 202 g/mol. The molecule has 0 unspecified atom stereocenters. The molecular weight excluding hydrogens is 180 g/mol. The molecule has 0 nitrogen and oxygen atoms in total. The van der Waals surface area contributed by atoms with Gasteiger partial charge in [-0.2, -0.15) is 0 Å². The van der Waals surface area contributed by atoms with E-state index in [2.05, 4.69) is 58.9 Å². The molecule has 0 saturated heterocycles. The number of benzene rings is 1. The lowest BCUT2D eigenvalue weighted by molar-refractivity contribution is 0.862. The maximum atomic E-state index is 2.35. The molecule has 0 heterocycles. The minimum atomic E-state index is 0.621. The van der Waals surface area contributed by atoms with Gasteiger partial charge in [-0.1, -0.05) is 43.7 Å². The fraction of sp³-hybridized carbons (Fsp3) is 0.467. The van der Waals surface area contributed by atoms with Crippen molar-refractivity contribution in [1.82, 2.24) is 0 Å². The van der Waals surface area contributed by atoms with E-state index in [-0.39, 0.29) is 0 Å². The molecule has 0 N–H and O–H groups in total. The molecule has 0 aliphatic carbocycles. The van der Waals surface area contributed by atoms with Crippen LogP contribution in [-0.4, -0.2) is 0 Å². The zero-order chi connectivity index (χ0) is 11.4. The second-order valence-corrected chi connectivity index (χ2v) is 4.83. The highest BCUT2D eigenvalue weighted by Crippen LogP contribution is 2.19. The molecule has 82 valence electrons. The Bertz CT molecular complexity index is 352. The summed E-state index contributed by atoms with van der Waals surface area (Å²) in [5, 5.41) is 0. The molecular formula is C15H22. The Morgan fingerprint density at radius 2 is 1.93 bits per heavy atom. The summed E-state index contributed by atoms with van der Waals surface area (Å²) in [5.41, 5.74) is 5.70. The topological polar surface area (TPSA) is 0 Å². The van der Waals surface area contributed by atoms with Gasteiger partial charge in [0.2, 0.25) is 0 Å². The first kappa shape index (κ1) is 12.0. The van der Waals surface area contributed by atoms with Crippen molar-refractivity contribution in [2.24, 2.45) is 0 Å². The van der Waals surface area contributed by atoms with Crippen LogP contribution in [0.5, 0.6) is 0 Å². The number of rotatable bonds is 3. The maximum Gasteiger partial charge on any atom is -0.00923 e. The summed E-state index contributed by atoms with van der Waals surface area (Å²) in [4.78, 5) is 0. The van der Waals surface area contributed by atoms with Gasteiger partial charge in [0.15, 0.2) is 0 Å². The minimum absolute atomic E-state index is 0.621. The van der Waals surface area contributed by atoms with Crippen LogP contribution in [0.15, 0.2) is 29.8 Å². The molecule has 0 atom stereocenters. The summed E-state index contributed by atoms with van der Waals surface area (Å²) < 4.78 is 0. The van der Waals surface area contributed by atoms with E-state index < -0.39 is 0 Å². The molecule has 1 aromatic carbocycles. The van der Waals surface area contributed by atoms with E-state index in [4.69, 9.17) is 0 Å². The highest BCUT2D eigenvalue weighted by atomic mass is 14.1. The van der Waals surface area contributed by atoms with Crippen LogP contribution in [0.1, 0.15) is 50.3 Å². The molecule has 0 aliphatic rings. The van der Waals surface area contributed by atoms with Crippen LogP contribution in [0.25, 0.3) is 0 Å². The molecule has 0 radical (unpaired) electrons. The Morgan fingerprint density at radius 1 is 1.27 bits per heavy atom. The molecule has 0 aromatic heterocycles. The Labute approximate surface area is 94.0 Å². The van der Waals surface area contributed by atoms with Crippen LogP contribution >= 0.6 is 0 Å². The quantitative estimate of drug-likeness (QED) is 0.627. The van der Waals surface area contributed by atoms with E-state index in [9.17, 15) is 0 Å². The smallest absolute Gasteiger partial charge is 0.00923 e. The third-order valence-electron chi connectivity index (χ3n) is 2.77. The Kier molecular flexibility index (Phi) is 4.14. The van der Waals surface area contributed by atoms with Gasteiger partial charge in [0.25, 0.3) is 0 Å². The second-order valence-electron chi connectivity index (χ2n) is 4.83. The van der Waals surface area contributed by atoms with E-state index in [1.807, 2.05) is 0 Å². The van der Waals surface area contributed by atoms with E-state index in [1.54, 1.807) is 0 Å². The largest absolute Gasteiger partial charge is 0.0815 e. The SMILES string of the molecule is CC(C)=CCc1cc(C(C)C)ccc1C. The number of hydrogen-bond acceptors (Lipinski definition) is 0. The fourth-order valence-electron chi connectivity index (χ4n) is 1.58. The normalized spacial score (nSPS) is 10.5. The molecule has 0 saturated carbocycles. The lowest BCUT2D eigenvalue weighted by Gasteiger charge is -2.10. The van der Waals surface area contributed by atoms with E-state index in [1.165, 1.54) is 22.3 Å². The summed E-state index contributed by atoms with van der Waals surface area (Å²) in [6, 6.07) is 6.83. The Morgan fingerprint density at radius 3 is 2.47 bits per heavy atom. The summed E-state index contributed by atoms with van der Waals surface area (Å²) in [7, 11) is 0. The van der Waals surface area contributed by atoms with Crippen molar-refractivity contribution < 1.29 is 0 Å². The van der Waals surface area contributed by atoms with Crippen LogP contribution in [0.4, 0.5) is 0 Å². The van der Waals surface area contributed by atoms with Gasteiger partial charge in [-0.3, -0.25) is 0 Å². The van der Waals surface area contributed by atoms with Crippen molar-refractivity contribution in [2.75, 3.05) is 0 Å². The summed E-state index contributed by atoms with van der Waals surface area (Å²) in [6.07, 6.45) is 3.36. The molecule has 1 aromatic rings. The van der Waals surface area contributed by atoms with Crippen LogP contribution in [-0.2, 0) is 6.42 Å². The van der Waals surface area contributed by atoms with Crippen molar-refractivity contribution >= 4 is 0 Å². The summed E-state index contributed by atoms with van der Waals surface area (Å²) >= 11 is 0. The molecule has 0 amide bonds. The predicted octanol–water partition coefficient (Wildman–Crippen LogP) is 4.63. The average Bonchev–Trinajstić information content (AvgIpc) is 2.16. The molecule has 1 rings (SSSR count). The fourth-order valence-corrected chi connectivity index (χ4v) is 1.58. The van der Waals surface area contributed by atoms with Gasteiger partial charge < -0.3 is 0 Å². The van der Waals surface area contributed by atoms with Gasteiger partial charge in [-0.15, -0.1) is 0 Å². The highest BCUT2D eigenvalue weighted by Gasteiger charge is 2.02. The van der Waals surface area contributed by atoms with Crippen molar-refractivity contribution in [1.29, 1.82) is 0 Å². The lowest BCUT2D eigenvalue weighted by Crippen LogP contribution is -1.93. The van der Waals surface area contributed by atoms with Gasteiger partial charge in [-0.25, -0.2) is 0 Å². The zero-order valence-corrected chi connectivity index (χ0v) is 10.6. The first-order valence-corrected chi connectivity index (χ1v) is 5.73. The van der Waals surface area contributed by atoms with Crippen molar-refractivity contribution in [2.45, 2.75) is 47.0 Å². The molecule has 0 fully saturated rings. The first-order chi connectivity index (χ1) is 7.00. The van der Waals surface area contributed by atoms with E-state index in [0.29, 0.717) is 5.92 Å². The van der Waals surface area contributed by atoms with Crippen molar-refractivity contribution in [3.05, 3.63) is 46.5 Å². The number of aryl methyl sites for hydroxylation is 1. The average molecular weight is 202 g/mol. The third-order valence-corrected chi connectivity index (χ3v) is 2.77. The zero-order valence-electron chi connectivity index (χ0n) is 10.6. The van der Waals surface area contributed by atoms with Crippen LogP contribution in [0.3, 0.4) is 0 Å². The first-order valence-electron chi connectivity index (χ1n) is 5.73. The summed E-state index contributed by atoms with van der Waals surface area (Å²) in [6.45, 7) is 11.0. The van der Waals surface area contributed by atoms with Gasteiger partial charge in [-0.05, 0) is 49.8 Å². The van der Waals surface area contributed by atoms with Gasteiger partial charge >= 0.3 is 0 Å². The van der Waals surface area contributed by atoms with Crippen LogP contribution in [0, 0.1) is 6.92 Å². The van der Waals surface area contributed by atoms with Crippen molar-refractivity contribution in [3.8, 4) is 0 Å². The molecule has 0 heteroatoms. The van der Waals surface area contributed by atoms with Crippen molar-refractivity contribution in [3.63, 3.8) is 0 Å². The van der Waals surface area contributed by atoms with E-state index >= 15 is 0 Å². The van der Waals surface area contributed by atoms with Crippen LogP contribution in [0.2, 0.25) is 0 Å². The highest BCUT2D eigenvalue weighted by molar-refractivity contribution is 5.34. The minimum Gasteiger partial charge on any atom is -0.0815 e. The van der Waals surface area contributed by atoms with Gasteiger partial charge in [0, 0.05) is 0 Å². The van der Waals surface area contributed by atoms with Crippen LogP contribution < -0.4 is 0 Å². The number of allylic oxidation sites excluding steroid dienone is 2. The van der Waals surface area contributed by atoms with Gasteiger partial charge in [0.1, 0.15) is 0 Å². The summed E-state index contributed by atoms with van der Waals surface area (Å²) in [5.74, 6) is 0.621. The molecule has 0 spiro atoms. The molecule has 0 aliphatic heterocycles. The number of hydrogen-bond donors (Lipinski definition) is 0. The molecule has 15 heavy (non-hydrogen) atoms. The van der Waals surface area contributed by atoms with E-state index in [0.717, 1.165) is 6.42 Å². The molecule has 0 bridgehead atoms. The Balaban J connectivity index is 2.95. The Hall–Kier alpha value is -1.04. The van der Waals surface area contributed by atoms with Gasteiger partial charge in [0.05, 0.1) is 0 Å².